The first-order valence-corrected chi connectivity index (χ1v) is 4.34. The quantitative estimate of drug-likeness (QED) is 0.562. The number of rotatable bonds is 2. The lowest BCUT2D eigenvalue weighted by molar-refractivity contribution is 0.227. The summed E-state index contributed by atoms with van der Waals surface area (Å²) in [7, 11) is 0. The maximum Gasteiger partial charge on any atom is 0.161 e. The van der Waals surface area contributed by atoms with E-state index in [2.05, 4.69) is 6.08 Å². The van der Waals surface area contributed by atoms with Crippen molar-refractivity contribution in [3.63, 3.8) is 0 Å². The Labute approximate surface area is 66.0 Å². The molecule has 1 nitrogen and oxygen atoms in total. The molecule has 0 aliphatic heterocycles. The molecule has 0 radical (unpaired) electrons. The average Bonchev–Trinajstić information content (AvgIpc) is 2.48. The predicted molar refractivity (Wildman–Crippen MR) is 40.7 cm³/mol. The van der Waals surface area contributed by atoms with Crippen LogP contribution in [0.4, 0.5) is 0 Å². The minimum absolute atomic E-state index is 0.315. The number of fused-ring (bicyclic) bond motifs is 2. The van der Waals surface area contributed by atoms with Gasteiger partial charge in [-0.3, -0.25) is 0 Å². The second-order valence-corrected chi connectivity index (χ2v) is 3.31. The molecular weight excluding hydrogens is 148 g/mol. The van der Waals surface area contributed by atoms with Crippen molar-refractivity contribution in [1.29, 1.82) is 0 Å². The van der Waals surface area contributed by atoms with Crippen LogP contribution < -0.4 is 0 Å². The minimum atomic E-state index is 0.315. The van der Waals surface area contributed by atoms with E-state index < -0.39 is 0 Å². The Hall–Kier alpha value is -0.170. The average molecular weight is 159 g/mol. The molecule has 1 saturated carbocycles. The molecule has 2 heteroatoms. The summed E-state index contributed by atoms with van der Waals surface area (Å²) < 4.78 is 5.26. The van der Waals surface area contributed by atoms with Crippen molar-refractivity contribution in [2.45, 2.75) is 19.3 Å². The molecular formula is C8H11ClO. The molecule has 2 unspecified atom stereocenters. The van der Waals surface area contributed by atoms with Crippen molar-refractivity contribution in [2.75, 3.05) is 6.07 Å². The summed E-state index contributed by atoms with van der Waals surface area (Å²) in [6.07, 6.45) is 6.23. The lowest BCUT2D eigenvalue weighted by Crippen LogP contribution is -2.00. The smallest absolute Gasteiger partial charge is 0.161 e. The maximum atomic E-state index is 5.46. The van der Waals surface area contributed by atoms with Crippen molar-refractivity contribution < 1.29 is 4.74 Å². The van der Waals surface area contributed by atoms with Gasteiger partial charge in [0.05, 0.1) is 5.76 Å². The fraction of sp³-hybridized carbons (Fsp3) is 0.750. The highest BCUT2D eigenvalue weighted by atomic mass is 35.5. The van der Waals surface area contributed by atoms with Crippen molar-refractivity contribution >= 4 is 11.6 Å². The van der Waals surface area contributed by atoms with Gasteiger partial charge in [0.25, 0.3) is 0 Å². The Morgan fingerprint density at radius 3 is 3.00 bits per heavy atom. The second-order valence-electron chi connectivity index (χ2n) is 3.09. The van der Waals surface area contributed by atoms with Crippen LogP contribution in [0.25, 0.3) is 0 Å². The fourth-order valence-electron chi connectivity index (χ4n) is 2.02. The zero-order chi connectivity index (χ0) is 6.97. The first kappa shape index (κ1) is 6.53. The van der Waals surface area contributed by atoms with Gasteiger partial charge < -0.3 is 4.74 Å². The van der Waals surface area contributed by atoms with E-state index in [1.165, 1.54) is 19.3 Å². The molecule has 2 aliphatic rings. The van der Waals surface area contributed by atoms with Crippen molar-refractivity contribution in [2.24, 2.45) is 11.8 Å². The van der Waals surface area contributed by atoms with Crippen molar-refractivity contribution in [3.8, 4) is 0 Å². The highest BCUT2D eigenvalue weighted by Gasteiger charge is 2.33. The first-order chi connectivity index (χ1) is 4.90. The molecule has 2 atom stereocenters. The first-order valence-electron chi connectivity index (χ1n) is 3.80. The number of halogens is 1. The summed E-state index contributed by atoms with van der Waals surface area (Å²) in [5.41, 5.74) is 0. The van der Waals surface area contributed by atoms with Gasteiger partial charge in [-0.05, 0) is 31.3 Å². The van der Waals surface area contributed by atoms with Crippen LogP contribution in [0.1, 0.15) is 19.3 Å². The molecule has 0 aromatic carbocycles. The standard InChI is InChI=1S/C8H11ClO/c9-5-10-8-4-6-1-2-7(8)3-6/h4,6-7H,1-3,5H2. The van der Waals surface area contributed by atoms with Crippen LogP contribution in [0.15, 0.2) is 11.8 Å². The van der Waals surface area contributed by atoms with E-state index in [0.29, 0.717) is 12.0 Å². The Morgan fingerprint density at radius 1 is 1.60 bits per heavy atom. The minimum Gasteiger partial charge on any atom is -0.482 e. The molecule has 0 amide bonds. The Balaban J connectivity index is 2.03. The van der Waals surface area contributed by atoms with Crippen LogP contribution >= 0.6 is 11.6 Å². The summed E-state index contributed by atoms with van der Waals surface area (Å²) in [4.78, 5) is 0. The molecule has 0 aromatic heterocycles. The lowest BCUT2D eigenvalue weighted by Gasteiger charge is -2.11. The van der Waals surface area contributed by atoms with Gasteiger partial charge in [0.1, 0.15) is 0 Å². The third kappa shape index (κ3) is 0.929. The van der Waals surface area contributed by atoms with Gasteiger partial charge in [0.2, 0.25) is 0 Å². The number of allylic oxidation sites excluding steroid dienone is 2. The SMILES string of the molecule is ClCOC1=CC2CCC1C2. The molecule has 0 spiro atoms. The Morgan fingerprint density at radius 2 is 2.50 bits per heavy atom. The van der Waals surface area contributed by atoms with Gasteiger partial charge in [0, 0.05) is 5.92 Å². The topological polar surface area (TPSA) is 9.23 Å². The molecule has 2 bridgehead atoms. The molecule has 56 valence electrons. The predicted octanol–water partition coefficient (Wildman–Crippen LogP) is 2.51. The zero-order valence-corrected chi connectivity index (χ0v) is 6.60. The van der Waals surface area contributed by atoms with E-state index in [1.807, 2.05) is 0 Å². The second kappa shape index (κ2) is 2.46. The van der Waals surface area contributed by atoms with Crippen LogP contribution in [0, 0.1) is 11.8 Å². The normalized spacial score (nSPS) is 36.3. The molecule has 1 fully saturated rings. The highest BCUT2D eigenvalue weighted by molar-refractivity contribution is 6.17. The summed E-state index contributed by atoms with van der Waals surface area (Å²) in [6, 6.07) is 0.315. The molecule has 2 aliphatic carbocycles. The summed E-state index contributed by atoms with van der Waals surface area (Å²) in [6.45, 7) is 0. The Bertz CT molecular complexity index is 165. The molecule has 10 heavy (non-hydrogen) atoms. The maximum absolute atomic E-state index is 5.46. The number of alkyl halides is 1. The highest BCUT2D eigenvalue weighted by Crippen LogP contribution is 2.43. The lowest BCUT2D eigenvalue weighted by atomic mass is 10.1. The molecule has 0 aromatic rings. The van der Waals surface area contributed by atoms with E-state index >= 15 is 0 Å². The van der Waals surface area contributed by atoms with Crippen LogP contribution in [0.3, 0.4) is 0 Å². The number of ether oxygens (including phenoxy) is 1. The van der Waals surface area contributed by atoms with Crippen molar-refractivity contribution in [1.82, 2.24) is 0 Å². The number of hydrogen-bond acceptors (Lipinski definition) is 1. The van der Waals surface area contributed by atoms with Gasteiger partial charge in [-0.25, -0.2) is 0 Å². The third-order valence-electron chi connectivity index (χ3n) is 2.50. The van der Waals surface area contributed by atoms with Gasteiger partial charge >= 0.3 is 0 Å². The van der Waals surface area contributed by atoms with Crippen LogP contribution in [0.5, 0.6) is 0 Å². The Kier molecular flexibility index (Phi) is 1.61. The monoisotopic (exact) mass is 158 g/mol. The van der Waals surface area contributed by atoms with E-state index in [9.17, 15) is 0 Å². The van der Waals surface area contributed by atoms with Gasteiger partial charge in [-0.2, -0.15) is 0 Å². The molecule has 2 rings (SSSR count). The largest absolute Gasteiger partial charge is 0.482 e. The van der Waals surface area contributed by atoms with Crippen LogP contribution in [0.2, 0.25) is 0 Å². The summed E-state index contributed by atoms with van der Waals surface area (Å²) in [5.74, 6) is 2.68. The summed E-state index contributed by atoms with van der Waals surface area (Å²) >= 11 is 5.46. The van der Waals surface area contributed by atoms with Crippen LogP contribution in [-0.2, 0) is 4.74 Å². The van der Waals surface area contributed by atoms with Crippen molar-refractivity contribution in [3.05, 3.63) is 11.8 Å². The molecule has 0 saturated heterocycles. The third-order valence-corrected chi connectivity index (χ3v) is 2.61. The van der Waals surface area contributed by atoms with E-state index in [0.717, 1.165) is 11.7 Å². The fourth-order valence-corrected chi connectivity index (χ4v) is 2.15. The summed E-state index contributed by atoms with van der Waals surface area (Å²) in [5, 5.41) is 0. The van der Waals surface area contributed by atoms with E-state index in [-0.39, 0.29) is 0 Å². The van der Waals surface area contributed by atoms with E-state index in [4.69, 9.17) is 16.3 Å². The van der Waals surface area contributed by atoms with Gasteiger partial charge in [0.15, 0.2) is 6.07 Å². The molecule has 0 heterocycles. The van der Waals surface area contributed by atoms with Gasteiger partial charge in [-0.1, -0.05) is 11.6 Å². The zero-order valence-electron chi connectivity index (χ0n) is 5.85. The van der Waals surface area contributed by atoms with Gasteiger partial charge in [-0.15, -0.1) is 0 Å². The molecule has 0 N–H and O–H groups in total. The van der Waals surface area contributed by atoms with E-state index in [1.54, 1.807) is 0 Å². The number of hydrogen-bond donors (Lipinski definition) is 0. The van der Waals surface area contributed by atoms with Crippen LogP contribution in [-0.4, -0.2) is 6.07 Å².